The minimum atomic E-state index is 0.0816. The molecule has 5 heteroatoms. The molecule has 1 aliphatic carbocycles. The van der Waals surface area contributed by atoms with E-state index < -0.39 is 0 Å². The number of aryl methyl sites for hydroxylation is 1. The normalized spacial score (nSPS) is 25.0. The van der Waals surface area contributed by atoms with Crippen LogP contribution in [0.2, 0.25) is 0 Å². The van der Waals surface area contributed by atoms with Gasteiger partial charge < -0.3 is 10.1 Å². The third kappa shape index (κ3) is 2.94. The van der Waals surface area contributed by atoms with Crippen molar-refractivity contribution in [2.75, 3.05) is 32.1 Å². The summed E-state index contributed by atoms with van der Waals surface area (Å²) in [4.78, 5) is 11.5. The van der Waals surface area contributed by atoms with Crippen molar-refractivity contribution in [3.8, 4) is 0 Å². The van der Waals surface area contributed by atoms with Crippen LogP contribution in [0.3, 0.4) is 0 Å². The van der Waals surface area contributed by atoms with E-state index in [1.165, 1.54) is 25.7 Å². The number of nitrogens with one attached hydrogen (secondary N) is 1. The zero-order valence-electron chi connectivity index (χ0n) is 12.4. The second-order valence-electron chi connectivity index (χ2n) is 5.77. The van der Waals surface area contributed by atoms with E-state index in [-0.39, 0.29) is 6.10 Å². The second-order valence-corrected chi connectivity index (χ2v) is 5.77. The molecule has 1 aromatic heterocycles. The van der Waals surface area contributed by atoms with E-state index >= 15 is 0 Å². The highest BCUT2D eigenvalue weighted by Crippen LogP contribution is 2.29. The lowest BCUT2D eigenvalue weighted by Crippen LogP contribution is -2.43. The van der Waals surface area contributed by atoms with Crippen molar-refractivity contribution in [2.45, 2.75) is 44.8 Å². The molecule has 3 rings (SSSR count). The van der Waals surface area contributed by atoms with E-state index in [4.69, 9.17) is 4.74 Å². The van der Waals surface area contributed by atoms with Crippen LogP contribution in [0.25, 0.3) is 0 Å². The van der Waals surface area contributed by atoms with Gasteiger partial charge in [0.25, 0.3) is 0 Å². The van der Waals surface area contributed by atoms with Gasteiger partial charge in [-0.2, -0.15) is 0 Å². The largest absolute Gasteiger partial charge is 0.373 e. The highest BCUT2D eigenvalue weighted by atomic mass is 16.5. The number of hydrogen-bond acceptors (Lipinski definition) is 5. The lowest BCUT2D eigenvalue weighted by Gasteiger charge is -2.36. The lowest BCUT2D eigenvalue weighted by molar-refractivity contribution is -0.0460. The van der Waals surface area contributed by atoms with Gasteiger partial charge in [-0.25, -0.2) is 9.97 Å². The highest BCUT2D eigenvalue weighted by molar-refractivity contribution is 5.35. The predicted molar refractivity (Wildman–Crippen MR) is 78.8 cm³/mol. The quantitative estimate of drug-likeness (QED) is 0.916. The molecule has 0 spiro atoms. The third-order valence-corrected chi connectivity index (χ3v) is 4.38. The van der Waals surface area contributed by atoms with Crippen LogP contribution in [0.5, 0.6) is 0 Å². The summed E-state index contributed by atoms with van der Waals surface area (Å²) in [5.74, 6) is 1.67. The van der Waals surface area contributed by atoms with Crippen LogP contribution in [-0.4, -0.2) is 47.7 Å². The van der Waals surface area contributed by atoms with Gasteiger partial charge in [0.15, 0.2) is 0 Å². The first kappa shape index (κ1) is 13.8. The molecule has 20 heavy (non-hydrogen) atoms. The number of aromatic nitrogens is 2. The minimum absolute atomic E-state index is 0.0816. The van der Waals surface area contributed by atoms with Gasteiger partial charge in [0.2, 0.25) is 0 Å². The van der Waals surface area contributed by atoms with Crippen LogP contribution >= 0.6 is 0 Å². The molecule has 1 unspecified atom stereocenters. The summed E-state index contributed by atoms with van der Waals surface area (Å²) in [5.41, 5.74) is 1.00. The molecule has 0 amide bonds. The van der Waals surface area contributed by atoms with Crippen molar-refractivity contribution < 1.29 is 4.74 Å². The number of anilines is 1. The van der Waals surface area contributed by atoms with Gasteiger partial charge in [0.05, 0.1) is 12.3 Å². The Bertz CT molecular complexity index is 459. The number of nitrogens with zero attached hydrogens (tertiary/aromatic N) is 3. The Hall–Kier alpha value is -1.20. The number of rotatable bonds is 3. The summed E-state index contributed by atoms with van der Waals surface area (Å²) >= 11 is 0. The van der Waals surface area contributed by atoms with Crippen molar-refractivity contribution in [2.24, 2.45) is 0 Å². The summed E-state index contributed by atoms with van der Waals surface area (Å²) in [6.07, 6.45) is 5.53. The molecule has 5 nitrogen and oxygen atoms in total. The van der Waals surface area contributed by atoms with E-state index in [1.54, 1.807) is 0 Å². The van der Waals surface area contributed by atoms with Gasteiger partial charge in [-0.1, -0.05) is 12.8 Å². The summed E-state index contributed by atoms with van der Waals surface area (Å²) in [6, 6.07) is 2.77. The Morgan fingerprint density at radius 1 is 1.30 bits per heavy atom. The highest BCUT2D eigenvalue weighted by Gasteiger charge is 2.29. The molecule has 1 N–H and O–H groups in total. The molecule has 0 aromatic carbocycles. The average molecular weight is 276 g/mol. The summed E-state index contributed by atoms with van der Waals surface area (Å²) in [5, 5.41) is 3.09. The molecule has 1 saturated carbocycles. The fourth-order valence-electron chi connectivity index (χ4n) is 3.33. The first-order valence-corrected chi connectivity index (χ1v) is 7.65. The molecule has 110 valence electrons. The fourth-order valence-corrected chi connectivity index (χ4v) is 3.33. The van der Waals surface area contributed by atoms with Crippen LogP contribution in [0, 0.1) is 6.92 Å². The number of ether oxygens (including phenoxy) is 1. The van der Waals surface area contributed by atoms with Crippen molar-refractivity contribution >= 4 is 5.82 Å². The maximum Gasteiger partial charge on any atom is 0.129 e. The lowest BCUT2D eigenvalue weighted by atomic mass is 10.1. The van der Waals surface area contributed by atoms with Crippen molar-refractivity contribution in [1.29, 1.82) is 0 Å². The Labute approximate surface area is 120 Å². The smallest absolute Gasteiger partial charge is 0.129 e. The maximum absolute atomic E-state index is 5.95. The summed E-state index contributed by atoms with van der Waals surface area (Å²) < 4.78 is 5.95. The number of hydrogen-bond donors (Lipinski definition) is 1. The Balaban J connectivity index is 1.74. The summed E-state index contributed by atoms with van der Waals surface area (Å²) in [7, 11) is 1.89. The van der Waals surface area contributed by atoms with Crippen molar-refractivity contribution in [3.63, 3.8) is 0 Å². The Kier molecular flexibility index (Phi) is 4.17. The minimum Gasteiger partial charge on any atom is -0.373 e. The zero-order chi connectivity index (χ0) is 13.9. The molecule has 1 atom stereocenters. The zero-order valence-corrected chi connectivity index (χ0v) is 12.4. The molecule has 2 heterocycles. The molecule has 1 aromatic rings. The fraction of sp³-hybridized carbons (Fsp3) is 0.733. The van der Waals surface area contributed by atoms with Gasteiger partial charge in [0, 0.05) is 32.2 Å². The Morgan fingerprint density at radius 3 is 2.85 bits per heavy atom. The molecular weight excluding hydrogens is 252 g/mol. The van der Waals surface area contributed by atoms with Crippen LogP contribution in [0.1, 0.15) is 43.3 Å². The molecule has 0 bridgehead atoms. The van der Waals surface area contributed by atoms with Gasteiger partial charge in [0.1, 0.15) is 17.7 Å². The average Bonchev–Trinajstić information content (AvgIpc) is 3.01. The number of morpholine rings is 1. The first-order valence-electron chi connectivity index (χ1n) is 7.65. The Morgan fingerprint density at radius 2 is 2.10 bits per heavy atom. The van der Waals surface area contributed by atoms with Gasteiger partial charge in [-0.05, 0) is 19.8 Å². The topological polar surface area (TPSA) is 50.3 Å². The van der Waals surface area contributed by atoms with E-state index in [2.05, 4.69) is 20.2 Å². The van der Waals surface area contributed by atoms with Crippen LogP contribution < -0.4 is 5.32 Å². The third-order valence-electron chi connectivity index (χ3n) is 4.38. The van der Waals surface area contributed by atoms with Crippen LogP contribution in [0.4, 0.5) is 5.82 Å². The van der Waals surface area contributed by atoms with E-state index in [1.807, 2.05) is 20.0 Å². The van der Waals surface area contributed by atoms with E-state index in [0.29, 0.717) is 0 Å². The molecule has 0 radical (unpaired) electrons. The molecule has 2 aliphatic rings. The molecular formula is C15H24N4O. The molecule has 2 fully saturated rings. The first-order chi connectivity index (χ1) is 9.76. The van der Waals surface area contributed by atoms with E-state index in [0.717, 1.165) is 43.1 Å². The molecule has 1 aliphatic heterocycles. The van der Waals surface area contributed by atoms with Gasteiger partial charge in [-0.15, -0.1) is 0 Å². The van der Waals surface area contributed by atoms with Gasteiger partial charge >= 0.3 is 0 Å². The SMILES string of the molecule is CNc1cc(C2CN(C3CCCC3)CCO2)nc(C)n1. The second kappa shape index (κ2) is 6.06. The predicted octanol–water partition coefficient (Wildman–Crippen LogP) is 2.14. The van der Waals surface area contributed by atoms with Gasteiger partial charge in [-0.3, -0.25) is 4.90 Å². The molecule has 1 saturated heterocycles. The van der Waals surface area contributed by atoms with E-state index in [9.17, 15) is 0 Å². The van der Waals surface area contributed by atoms with Crippen molar-refractivity contribution in [1.82, 2.24) is 14.9 Å². The van der Waals surface area contributed by atoms with Crippen LogP contribution in [0.15, 0.2) is 6.07 Å². The van der Waals surface area contributed by atoms with Crippen molar-refractivity contribution in [3.05, 3.63) is 17.6 Å². The standard InChI is InChI=1S/C15H24N4O/c1-11-17-13(9-15(16-2)18-11)14-10-19(7-8-20-14)12-5-3-4-6-12/h9,12,14H,3-8,10H2,1-2H3,(H,16,17,18). The maximum atomic E-state index is 5.95. The monoisotopic (exact) mass is 276 g/mol. The summed E-state index contributed by atoms with van der Waals surface area (Å²) in [6.45, 7) is 4.76. The van der Waals surface area contributed by atoms with Crippen LogP contribution in [-0.2, 0) is 4.74 Å².